The summed E-state index contributed by atoms with van der Waals surface area (Å²) in [6.07, 6.45) is 3.11. The molecule has 0 aliphatic heterocycles. The number of halogens is 1. The number of sulfonamides is 1. The van der Waals surface area contributed by atoms with Crippen molar-refractivity contribution in [2.45, 2.75) is 18.4 Å². The van der Waals surface area contributed by atoms with E-state index in [9.17, 15) is 12.8 Å². The summed E-state index contributed by atoms with van der Waals surface area (Å²) in [4.78, 5) is 3.43. The van der Waals surface area contributed by atoms with Crippen LogP contribution in [0, 0.1) is 12.7 Å². The zero-order chi connectivity index (χ0) is 14.8. The molecule has 3 N–H and O–H groups in total. The molecule has 5 nitrogen and oxygen atoms in total. The lowest BCUT2D eigenvalue weighted by Crippen LogP contribution is -2.24. The first-order valence-corrected chi connectivity index (χ1v) is 7.32. The Morgan fingerprint density at radius 2 is 2.15 bits per heavy atom. The van der Waals surface area contributed by atoms with E-state index in [-0.39, 0.29) is 17.8 Å². The molecule has 2 aromatic rings. The van der Waals surface area contributed by atoms with Gasteiger partial charge in [0.15, 0.2) is 0 Å². The molecule has 1 aromatic heterocycles. The minimum absolute atomic E-state index is 0.0312. The Morgan fingerprint density at radius 1 is 1.40 bits per heavy atom. The van der Waals surface area contributed by atoms with Gasteiger partial charge in [0.25, 0.3) is 0 Å². The highest BCUT2D eigenvalue weighted by atomic mass is 32.2. The lowest BCUT2D eigenvalue weighted by molar-refractivity contribution is 0.553. The third-order valence-electron chi connectivity index (χ3n) is 2.72. The van der Waals surface area contributed by atoms with Gasteiger partial charge >= 0.3 is 0 Å². The van der Waals surface area contributed by atoms with Crippen molar-refractivity contribution in [3.63, 3.8) is 0 Å². The van der Waals surface area contributed by atoms with Gasteiger partial charge in [-0.15, -0.1) is 0 Å². The van der Waals surface area contributed by atoms with E-state index >= 15 is 0 Å². The molecule has 1 aromatic carbocycles. The van der Waals surface area contributed by atoms with E-state index in [1.54, 1.807) is 18.3 Å². The second-order valence-corrected chi connectivity index (χ2v) is 6.07. The Morgan fingerprint density at radius 3 is 2.80 bits per heavy atom. The van der Waals surface area contributed by atoms with Gasteiger partial charge in [-0.3, -0.25) is 4.98 Å². The molecule has 0 spiro atoms. The first kappa shape index (κ1) is 14.4. The van der Waals surface area contributed by atoms with Crippen LogP contribution in [-0.2, 0) is 16.6 Å². The zero-order valence-corrected chi connectivity index (χ0v) is 11.6. The van der Waals surface area contributed by atoms with E-state index in [4.69, 9.17) is 5.73 Å². The smallest absolute Gasteiger partial charge is 0.243 e. The summed E-state index contributed by atoms with van der Waals surface area (Å²) in [5.41, 5.74) is 6.63. The number of benzene rings is 1. The van der Waals surface area contributed by atoms with Gasteiger partial charge in [0, 0.05) is 24.6 Å². The van der Waals surface area contributed by atoms with Crippen molar-refractivity contribution in [3.05, 3.63) is 53.6 Å². The number of hydrogen-bond donors (Lipinski definition) is 2. The minimum Gasteiger partial charge on any atom is -0.399 e. The Balaban J connectivity index is 2.27. The second-order valence-electron chi connectivity index (χ2n) is 4.34. The van der Waals surface area contributed by atoms with Crippen LogP contribution < -0.4 is 10.5 Å². The Kier molecular flexibility index (Phi) is 4.01. The predicted molar refractivity (Wildman–Crippen MR) is 73.8 cm³/mol. The number of hydrogen-bond acceptors (Lipinski definition) is 4. The molecular formula is C13H14FN3O2S. The molecular weight excluding hydrogens is 281 g/mol. The third kappa shape index (κ3) is 3.12. The molecule has 7 heteroatoms. The van der Waals surface area contributed by atoms with E-state index in [0.717, 1.165) is 6.07 Å². The maximum atomic E-state index is 13.9. The van der Waals surface area contributed by atoms with Crippen LogP contribution >= 0.6 is 0 Å². The van der Waals surface area contributed by atoms with E-state index in [2.05, 4.69) is 9.71 Å². The fourth-order valence-electron chi connectivity index (χ4n) is 1.72. The summed E-state index contributed by atoms with van der Waals surface area (Å²) < 4.78 is 40.4. The maximum absolute atomic E-state index is 13.9. The van der Waals surface area contributed by atoms with Crippen LogP contribution in [0.5, 0.6) is 0 Å². The molecule has 106 valence electrons. The third-order valence-corrected chi connectivity index (χ3v) is 4.12. The number of rotatable bonds is 4. The van der Waals surface area contributed by atoms with Crippen molar-refractivity contribution >= 4 is 15.7 Å². The van der Waals surface area contributed by atoms with Crippen LogP contribution in [0.3, 0.4) is 0 Å². The van der Waals surface area contributed by atoms with Crippen LogP contribution in [0.25, 0.3) is 0 Å². The van der Waals surface area contributed by atoms with Crippen molar-refractivity contribution in [2.24, 2.45) is 0 Å². The van der Waals surface area contributed by atoms with Crippen LogP contribution in [0.15, 0.2) is 41.6 Å². The van der Waals surface area contributed by atoms with Crippen LogP contribution in [-0.4, -0.2) is 13.4 Å². The van der Waals surface area contributed by atoms with Crippen molar-refractivity contribution in [2.75, 3.05) is 5.73 Å². The average molecular weight is 295 g/mol. The van der Waals surface area contributed by atoms with Gasteiger partial charge in [-0.25, -0.2) is 17.5 Å². The largest absolute Gasteiger partial charge is 0.399 e. The second kappa shape index (κ2) is 5.56. The molecule has 0 amide bonds. The van der Waals surface area contributed by atoms with Gasteiger partial charge in [0.1, 0.15) is 10.7 Å². The number of nitrogens with two attached hydrogens (primary N) is 1. The summed E-state index contributed by atoms with van der Waals surface area (Å²) in [6, 6.07) is 5.90. The first-order chi connectivity index (χ1) is 9.40. The van der Waals surface area contributed by atoms with Crippen LogP contribution in [0.1, 0.15) is 11.1 Å². The Hall–Kier alpha value is -1.99. The molecule has 0 bridgehead atoms. The molecule has 2 rings (SSSR count). The van der Waals surface area contributed by atoms with E-state index in [0.29, 0.717) is 5.56 Å². The lowest BCUT2D eigenvalue weighted by Gasteiger charge is -2.10. The average Bonchev–Trinajstić information content (AvgIpc) is 2.42. The van der Waals surface area contributed by atoms with Crippen LogP contribution in [0.4, 0.5) is 10.1 Å². The molecule has 0 aliphatic carbocycles. The number of aromatic nitrogens is 1. The van der Waals surface area contributed by atoms with E-state index < -0.39 is 20.7 Å². The summed E-state index contributed by atoms with van der Waals surface area (Å²) in [5, 5.41) is 0. The van der Waals surface area contributed by atoms with Crippen molar-refractivity contribution < 1.29 is 12.8 Å². The number of aryl methyl sites for hydroxylation is 1. The van der Waals surface area contributed by atoms with E-state index in [1.807, 2.05) is 0 Å². The molecule has 20 heavy (non-hydrogen) atoms. The highest BCUT2D eigenvalue weighted by molar-refractivity contribution is 7.89. The number of anilines is 1. The van der Waals surface area contributed by atoms with Gasteiger partial charge in [0.2, 0.25) is 10.0 Å². The highest BCUT2D eigenvalue weighted by Crippen LogP contribution is 2.21. The lowest BCUT2D eigenvalue weighted by atomic mass is 10.2. The standard InChI is InChI=1S/C13H14FN3O2S/c1-9-5-11(15)6-12(13(9)14)20(18,19)17-8-10-3-2-4-16-7-10/h2-7,17H,8,15H2,1H3. The SMILES string of the molecule is Cc1cc(N)cc(S(=O)(=O)NCc2cccnc2)c1F. The molecule has 0 radical (unpaired) electrons. The van der Waals surface area contributed by atoms with Gasteiger partial charge in [0.05, 0.1) is 0 Å². The molecule has 0 saturated carbocycles. The van der Waals surface area contributed by atoms with Gasteiger partial charge in [-0.2, -0.15) is 0 Å². The molecule has 0 saturated heterocycles. The number of nitrogens with zero attached hydrogens (tertiary/aromatic N) is 1. The molecule has 0 unspecified atom stereocenters. The highest BCUT2D eigenvalue weighted by Gasteiger charge is 2.20. The van der Waals surface area contributed by atoms with Crippen molar-refractivity contribution in [3.8, 4) is 0 Å². The summed E-state index contributed by atoms with van der Waals surface area (Å²) in [7, 11) is -3.97. The van der Waals surface area contributed by atoms with Gasteiger partial charge < -0.3 is 5.73 Å². The molecule has 0 aliphatic rings. The fraction of sp³-hybridized carbons (Fsp3) is 0.154. The Labute approximate surface area is 116 Å². The molecule has 1 heterocycles. The Bertz CT molecular complexity index is 718. The van der Waals surface area contributed by atoms with E-state index in [1.165, 1.54) is 19.2 Å². The topological polar surface area (TPSA) is 85.1 Å². The predicted octanol–water partition coefficient (Wildman–Crippen LogP) is 1.59. The first-order valence-electron chi connectivity index (χ1n) is 5.84. The number of nitrogen functional groups attached to an aromatic ring is 1. The molecule has 0 fully saturated rings. The zero-order valence-electron chi connectivity index (χ0n) is 10.8. The normalized spacial score (nSPS) is 11.5. The van der Waals surface area contributed by atoms with Gasteiger partial charge in [-0.1, -0.05) is 6.07 Å². The minimum atomic E-state index is -3.97. The summed E-state index contributed by atoms with van der Waals surface area (Å²) >= 11 is 0. The quantitative estimate of drug-likeness (QED) is 0.839. The van der Waals surface area contributed by atoms with Crippen molar-refractivity contribution in [1.29, 1.82) is 0 Å². The van der Waals surface area contributed by atoms with Crippen LogP contribution in [0.2, 0.25) is 0 Å². The summed E-state index contributed by atoms with van der Waals surface area (Å²) in [5.74, 6) is -0.794. The fourth-order valence-corrected chi connectivity index (χ4v) is 2.92. The number of pyridine rings is 1. The monoisotopic (exact) mass is 295 g/mol. The summed E-state index contributed by atoms with van der Waals surface area (Å²) in [6.45, 7) is 1.50. The molecule has 0 atom stereocenters. The van der Waals surface area contributed by atoms with Gasteiger partial charge in [-0.05, 0) is 36.2 Å². The number of nitrogens with one attached hydrogen (secondary N) is 1. The van der Waals surface area contributed by atoms with Crippen molar-refractivity contribution in [1.82, 2.24) is 9.71 Å². The maximum Gasteiger partial charge on any atom is 0.243 e.